The number of nitrogens with one attached hydrogen (secondary N) is 2. The van der Waals surface area contributed by atoms with Crippen LogP contribution in [0.2, 0.25) is 0 Å². The molecule has 2 amide bonds. The van der Waals surface area contributed by atoms with E-state index in [1.54, 1.807) is 20.8 Å². The molecule has 0 bridgehead atoms. The largest absolute Gasteiger partial charge is 0.497 e. The molecule has 3 aromatic rings. The first-order valence-electron chi connectivity index (χ1n) is 12.2. The third kappa shape index (κ3) is 7.35. The second kappa shape index (κ2) is 12.9. The maximum atomic E-state index is 15.4. The molecule has 2 atom stereocenters. The van der Waals surface area contributed by atoms with E-state index in [1.165, 1.54) is 32.4 Å². The fraction of sp³-hybridized carbons (Fsp3) is 0.310. The molecule has 6 nitrogen and oxygen atoms in total. The summed E-state index contributed by atoms with van der Waals surface area (Å²) in [7, 11) is 2.72. The summed E-state index contributed by atoms with van der Waals surface area (Å²) in [5.74, 6) is -6.57. The number of amides is 2. The lowest BCUT2D eigenvalue weighted by molar-refractivity contribution is -0.132. The molecular formula is C29H28BrF5N2O4. The SMILES string of the molecule is COc1ccc(C(NC(=O)C(C(=O)NC(C)(C)C)c2cc(F)ccc2C(F)F)c2ccc(F)c(Br)c2F)c(OC)c1. The van der Waals surface area contributed by atoms with Crippen LogP contribution in [0.15, 0.2) is 53.0 Å². The Labute approximate surface area is 242 Å². The standard InChI is InChI=1S/C29H28BrF5N2O4/c1-29(2,3)37-28(39)22(19-12-14(31)6-8-16(19)26(34)35)27(38)36-25(18-10-11-20(32)23(30)24(18)33)17-9-7-15(40-4)13-21(17)41-5/h6-13,22,25-26H,1-5H3,(H,36,38)(H,37,39). The molecule has 0 aromatic heterocycles. The fourth-order valence-corrected chi connectivity index (χ4v) is 4.57. The Balaban J connectivity index is 2.24. The molecule has 2 N–H and O–H groups in total. The van der Waals surface area contributed by atoms with E-state index in [1.807, 2.05) is 0 Å². The Morgan fingerprint density at radius 2 is 1.46 bits per heavy atom. The molecule has 220 valence electrons. The van der Waals surface area contributed by atoms with Gasteiger partial charge in [0.1, 0.15) is 34.9 Å². The van der Waals surface area contributed by atoms with E-state index in [9.17, 15) is 27.2 Å². The summed E-state index contributed by atoms with van der Waals surface area (Å²) in [5.41, 5.74) is -2.27. The highest BCUT2D eigenvalue weighted by Gasteiger charge is 2.37. The number of hydrogen-bond donors (Lipinski definition) is 2. The zero-order chi connectivity index (χ0) is 30.6. The smallest absolute Gasteiger partial charge is 0.264 e. The molecule has 3 aromatic carbocycles. The van der Waals surface area contributed by atoms with Crippen molar-refractivity contribution in [2.75, 3.05) is 14.2 Å². The number of carbonyl (C=O) groups excluding carboxylic acids is 2. The average Bonchev–Trinajstić information content (AvgIpc) is 2.89. The van der Waals surface area contributed by atoms with Gasteiger partial charge in [0.2, 0.25) is 11.8 Å². The number of methoxy groups -OCH3 is 2. The molecule has 0 radical (unpaired) electrons. The van der Waals surface area contributed by atoms with Gasteiger partial charge in [-0.25, -0.2) is 22.0 Å². The second-order valence-electron chi connectivity index (χ2n) is 10.1. The molecule has 0 spiro atoms. The van der Waals surface area contributed by atoms with Crippen LogP contribution >= 0.6 is 15.9 Å². The van der Waals surface area contributed by atoms with Crippen LogP contribution in [-0.4, -0.2) is 31.6 Å². The van der Waals surface area contributed by atoms with Gasteiger partial charge in [0.15, 0.2) is 0 Å². The molecule has 0 aliphatic heterocycles. The summed E-state index contributed by atoms with van der Waals surface area (Å²) >= 11 is 2.85. The minimum atomic E-state index is -3.15. The van der Waals surface area contributed by atoms with Crippen molar-refractivity contribution in [2.24, 2.45) is 0 Å². The molecule has 0 saturated heterocycles. The van der Waals surface area contributed by atoms with E-state index >= 15 is 4.39 Å². The van der Waals surface area contributed by atoms with Crippen LogP contribution in [0, 0.1) is 17.5 Å². The van der Waals surface area contributed by atoms with E-state index in [-0.39, 0.29) is 16.9 Å². The summed E-state index contributed by atoms with van der Waals surface area (Å²) in [4.78, 5) is 27.3. The van der Waals surface area contributed by atoms with E-state index in [4.69, 9.17) is 9.47 Å². The number of halogens is 6. The van der Waals surface area contributed by atoms with Crippen molar-refractivity contribution in [3.63, 3.8) is 0 Å². The molecule has 0 aliphatic carbocycles. The number of alkyl halides is 2. The summed E-state index contributed by atoms with van der Waals surface area (Å²) < 4.78 is 81.9. The third-order valence-electron chi connectivity index (χ3n) is 6.03. The monoisotopic (exact) mass is 642 g/mol. The molecule has 12 heteroatoms. The van der Waals surface area contributed by atoms with Crippen molar-refractivity contribution >= 4 is 27.7 Å². The first kappa shape index (κ1) is 31.9. The Kier molecular flexibility index (Phi) is 10.0. The van der Waals surface area contributed by atoms with Crippen molar-refractivity contribution in [1.82, 2.24) is 10.6 Å². The lowest BCUT2D eigenvalue weighted by Crippen LogP contribution is -2.48. The van der Waals surface area contributed by atoms with Crippen LogP contribution < -0.4 is 20.1 Å². The molecule has 2 unspecified atom stereocenters. The lowest BCUT2D eigenvalue weighted by Gasteiger charge is -2.28. The Bertz CT molecular complexity index is 1450. The van der Waals surface area contributed by atoms with E-state index in [0.29, 0.717) is 11.8 Å². The predicted molar refractivity (Wildman–Crippen MR) is 146 cm³/mol. The molecule has 0 heterocycles. The third-order valence-corrected chi connectivity index (χ3v) is 6.76. The van der Waals surface area contributed by atoms with Crippen LogP contribution in [0.3, 0.4) is 0 Å². The number of carbonyl (C=O) groups is 2. The van der Waals surface area contributed by atoms with Crippen LogP contribution in [0.1, 0.15) is 61.4 Å². The van der Waals surface area contributed by atoms with Crippen molar-refractivity contribution in [1.29, 1.82) is 0 Å². The van der Waals surface area contributed by atoms with Crippen molar-refractivity contribution in [3.05, 3.63) is 92.7 Å². The number of ether oxygens (including phenoxy) is 2. The highest BCUT2D eigenvalue weighted by Crippen LogP contribution is 2.38. The van der Waals surface area contributed by atoms with Gasteiger partial charge < -0.3 is 20.1 Å². The van der Waals surface area contributed by atoms with Gasteiger partial charge in [0.25, 0.3) is 6.43 Å². The quantitative estimate of drug-likeness (QED) is 0.154. The lowest BCUT2D eigenvalue weighted by atomic mass is 9.90. The highest BCUT2D eigenvalue weighted by atomic mass is 79.9. The van der Waals surface area contributed by atoms with E-state index in [2.05, 4.69) is 26.6 Å². The van der Waals surface area contributed by atoms with Crippen molar-refractivity contribution in [3.8, 4) is 11.5 Å². The fourth-order valence-electron chi connectivity index (χ4n) is 4.21. The molecule has 0 saturated carbocycles. The van der Waals surface area contributed by atoms with Gasteiger partial charge in [-0.2, -0.15) is 0 Å². The van der Waals surface area contributed by atoms with Crippen LogP contribution in [0.4, 0.5) is 22.0 Å². The normalized spacial score (nSPS) is 13.0. The minimum Gasteiger partial charge on any atom is -0.497 e. The molecule has 3 rings (SSSR count). The van der Waals surface area contributed by atoms with Crippen molar-refractivity contribution in [2.45, 2.75) is 44.7 Å². The number of hydrogen-bond acceptors (Lipinski definition) is 4. The Morgan fingerprint density at radius 3 is 2.05 bits per heavy atom. The summed E-state index contributed by atoms with van der Waals surface area (Å²) in [6, 6.07) is 7.30. The van der Waals surface area contributed by atoms with Crippen LogP contribution in [-0.2, 0) is 9.59 Å². The molecule has 0 fully saturated rings. The van der Waals surface area contributed by atoms with Gasteiger partial charge in [-0.1, -0.05) is 12.1 Å². The minimum absolute atomic E-state index is 0.129. The highest BCUT2D eigenvalue weighted by molar-refractivity contribution is 9.10. The van der Waals surface area contributed by atoms with Gasteiger partial charge >= 0.3 is 0 Å². The Morgan fingerprint density at radius 1 is 0.829 bits per heavy atom. The van der Waals surface area contributed by atoms with Crippen molar-refractivity contribution < 1.29 is 41.0 Å². The van der Waals surface area contributed by atoms with Gasteiger partial charge in [0, 0.05) is 28.3 Å². The second-order valence-corrected chi connectivity index (χ2v) is 10.9. The van der Waals surface area contributed by atoms with Gasteiger partial charge in [-0.3, -0.25) is 9.59 Å². The maximum absolute atomic E-state index is 15.4. The molecule has 0 aliphatic rings. The summed E-state index contributed by atoms with van der Waals surface area (Å²) in [6.07, 6.45) is -3.15. The first-order chi connectivity index (χ1) is 19.2. The average molecular weight is 643 g/mol. The van der Waals surface area contributed by atoms with E-state index in [0.717, 1.165) is 24.3 Å². The first-order valence-corrected chi connectivity index (χ1v) is 13.0. The predicted octanol–water partition coefficient (Wildman–Crippen LogP) is 6.73. The molecular weight excluding hydrogens is 615 g/mol. The van der Waals surface area contributed by atoms with E-state index < -0.39 is 68.8 Å². The zero-order valence-electron chi connectivity index (χ0n) is 22.8. The van der Waals surface area contributed by atoms with Gasteiger partial charge in [-0.05, 0) is 72.6 Å². The van der Waals surface area contributed by atoms with Gasteiger partial charge in [-0.15, -0.1) is 0 Å². The maximum Gasteiger partial charge on any atom is 0.264 e. The molecule has 41 heavy (non-hydrogen) atoms. The summed E-state index contributed by atoms with van der Waals surface area (Å²) in [6.45, 7) is 4.82. The summed E-state index contributed by atoms with van der Waals surface area (Å²) in [5, 5.41) is 5.09. The van der Waals surface area contributed by atoms with Crippen LogP contribution in [0.5, 0.6) is 11.5 Å². The Hall–Kier alpha value is -3.67. The zero-order valence-corrected chi connectivity index (χ0v) is 24.3. The van der Waals surface area contributed by atoms with Gasteiger partial charge in [0.05, 0.1) is 24.7 Å². The topological polar surface area (TPSA) is 76.7 Å². The number of benzene rings is 3. The van der Waals surface area contributed by atoms with Crippen LogP contribution in [0.25, 0.3) is 0 Å². The number of rotatable bonds is 9.